The maximum atomic E-state index is 11.0. The first-order valence-corrected chi connectivity index (χ1v) is 4.84. The van der Waals surface area contributed by atoms with E-state index in [1.165, 1.54) is 23.9 Å². The van der Waals surface area contributed by atoms with Crippen LogP contribution in [0.3, 0.4) is 0 Å². The molecule has 0 unspecified atom stereocenters. The van der Waals surface area contributed by atoms with Crippen molar-refractivity contribution in [2.45, 2.75) is 13.5 Å². The van der Waals surface area contributed by atoms with Gasteiger partial charge in [0, 0.05) is 6.92 Å². The van der Waals surface area contributed by atoms with Crippen LogP contribution >= 0.6 is 0 Å². The zero-order valence-corrected chi connectivity index (χ0v) is 8.99. The molecule has 0 fully saturated rings. The van der Waals surface area contributed by atoms with Gasteiger partial charge in [0.1, 0.15) is 12.3 Å². The van der Waals surface area contributed by atoms with Crippen LogP contribution in [0.4, 0.5) is 5.82 Å². The Morgan fingerprint density at radius 3 is 2.82 bits per heavy atom. The third-order valence-electron chi connectivity index (χ3n) is 2.14. The number of aromatic nitrogens is 2. The van der Waals surface area contributed by atoms with Gasteiger partial charge in [-0.25, -0.2) is 0 Å². The number of carbonyl (C=O) groups excluding carboxylic acids is 1. The molecule has 7 nitrogen and oxygen atoms in total. The van der Waals surface area contributed by atoms with Crippen LogP contribution in [-0.4, -0.2) is 20.5 Å². The van der Waals surface area contributed by atoms with Crippen LogP contribution < -0.4 is 0 Å². The van der Waals surface area contributed by atoms with Crippen LogP contribution in [0.2, 0.25) is 0 Å². The lowest BCUT2D eigenvalue weighted by Crippen LogP contribution is -2.00. The Balaban J connectivity index is 2.13. The molecule has 0 bridgehead atoms. The van der Waals surface area contributed by atoms with Crippen molar-refractivity contribution < 1.29 is 14.1 Å². The van der Waals surface area contributed by atoms with E-state index in [-0.39, 0.29) is 23.9 Å². The summed E-state index contributed by atoms with van der Waals surface area (Å²) in [6.45, 7) is 1.66. The first-order chi connectivity index (χ1) is 8.06. The average molecular weight is 235 g/mol. The number of nitro groups is 1. The Morgan fingerprint density at radius 1 is 1.53 bits per heavy atom. The summed E-state index contributed by atoms with van der Waals surface area (Å²) in [5, 5.41) is 14.2. The van der Waals surface area contributed by atoms with E-state index in [0.717, 1.165) is 0 Å². The zero-order chi connectivity index (χ0) is 12.4. The molecule has 0 aliphatic rings. The van der Waals surface area contributed by atoms with Crippen molar-refractivity contribution in [2.24, 2.45) is 0 Å². The number of Topliss-reactive ketones (excluding diaryl/α,β-unsaturated/α-hetero) is 1. The molecule has 17 heavy (non-hydrogen) atoms. The molecule has 7 heteroatoms. The van der Waals surface area contributed by atoms with Gasteiger partial charge in [-0.3, -0.25) is 4.79 Å². The highest BCUT2D eigenvalue weighted by molar-refractivity contribution is 5.91. The average Bonchev–Trinajstić information content (AvgIpc) is 2.87. The normalized spacial score (nSPS) is 10.4. The highest BCUT2D eigenvalue weighted by Gasteiger charge is 2.13. The van der Waals surface area contributed by atoms with Crippen molar-refractivity contribution in [3.63, 3.8) is 0 Å². The van der Waals surface area contributed by atoms with Crippen molar-refractivity contribution in [3.05, 3.63) is 46.0 Å². The summed E-state index contributed by atoms with van der Waals surface area (Å²) < 4.78 is 6.61. The zero-order valence-electron chi connectivity index (χ0n) is 8.99. The minimum Gasteiger partial charge on any atom is -0.456 e. The fourth-order valence-electron chi connectivity index (χ4n) is 1.35. The Morgan fingerprint density at radius 2 is 2.29 bits per heavy atom. The molecular formula is C10H9N3O4. The smallest absolute Gasteiger partial charge is 0.389 e. The maximum absolute atomic E-state index is 11.0. The SMILES string of the molecule is CC(=O)c1ccc(Cn2ccc([N+](=O)[O-])n2)o1. The maximum Gasteiger partial charge on any atom is 0.389 e. The van der Waals surface area contributed by atoms with Crippen LogP contribution in [0.5, 0.6) is 0 Å². The minimum absolute atomic E-state index is 0.164. The van der Waals surface area contributed by atoms with Crippen molar-refractivity contribution in [1.82, 2.24) is 9.78 Å². The summed E-state index contributed by atoms with van der Waals surface area (Å²) in [5.41, 5.74) is 0. The molecule has 0 saturated carbocycles. The summed E-state index contributed by atoms with van der Waals surface area (Å²) in [6.07, 6.45) is 1.48. The monoisotopic (exact) mass is 235 g/mol. The third kappa shape index (κ3) is 2.39. The molecule has 2 rings (SSSR count). The molecule has 0 saturated heterocycles. The van der Waals surface area contributed by atoms with Gasteiger partial charge in [0.15, 0.2) is 11.5 Å². The van der Waals surface area contributed by atoms with Gasteiger partial charge in [0.25, 0.3) is 0 Å². The number of ketones is 1. The van der Waals surface area contributed by atoms with Gasteiger partial charge in [-0.05, 0) is 17.1 Å². The number of hydrogen-bond acceptors (Lipinski definition) is 5. The molecule has 2 heterocycles. The van der Waals surface area contributed by atoms with Gasteiger partial charge in [0.05, 0.1) is 17.4 Å². The summed E-state index contributed by atoms with van der Waals surface area (Å²) in [7, 11) is 0. The standard InChI is InChI=1S/C10H9N3O4/c1-7(14)9-3-2-8(17-9)6-12-5-4-10(11-12)13(15)16/h2-5H,6H2,1H3. The second-order valence-corrected chi connectivity index (χ2v) is 3.45. The fourth-order valence-corrected chi connectivity index (χ4v) is 1.35. The fraction of sp³-hybridized carbons (Fsp3) is 0.200. The quantitative estimate of drug-likeness (QED) is 0.456. The molecule has 0 aliphatic heterocycles. The van der Waals surface area contributed by atoms with E-state index in [1.54, 1.807) is 12.1 Å². The molecule has 0 aromatic carbocycles. The molecule has 0 radical (unpaired) electrons. The molecular weight excluding hydrogens is 226 g/mol. The highest BCUT2D eigenvalue weighted by atomic mass is 16.6. The molecule has 0 amide bonds. The second kappa shape index (κ2) is 4.20. The summed E-state index contributed by atoms with van der Waals surface area (Å²) in [4.78, 5) is 20.9. The number of hydrogen-bond donors (Lipinski definition) is 0. The van der Waals surface area contributed by atoms with Crippen molar-refractivity contribution >= 4 is 11.6 Å². The van der Waals surface area contributed by atoms with Crippen molar-refractivity contribution in [3.8, 4) is 0 Å². The lowest BCUT2D eigenvalue weighted by atomic mass is 10.3. The van der Waals surface area contributed by atoms with Crippen LogP contribution in [0.1, 0.15) is 23.2 Å². The summed E-state index contributed by atoms with van der Waals surface area (Å²) >= 11 is 0. The molecule has 0 spiro atoms. The molecule has 88 valence electrons. The van der Waals surface area contributed by atoms with Crippen LogP contribution in [0.15, 0.2) is 28.8 Å². The Hall–Kier alpha value is -2.44. The van der Waals surface area contributed by atoms with Gasteiger partial charge in [-0.2, -0.15) is 4.68 Å². The Labute approximate surface area is 95.8 Å². The third-order valence-corrected chi connectivity index (χ3v) is 2.14. The van der Waals surface area contributed by atoms with E-state index < -0.39 is 4.92 Å². The lowest BCUT2D eigenvalue weighted by molar-refractivity contribution is -0.389. The topological polar surface area (TPSA) is 91.2 Å². The van der Waals surface area contributed by atoms with Crippen molar-refractivity contribution in [1.29, 1.82) is 0 Å². The first kappa shape index (κ1) is 11.1. The molecule has 0 N–H and O–H groups in total. The highest BCUT2D eigenvalue weighted by Crippen LogP contribution is 2.11. The summed E-state index contributed by atoms with van der Waals surface area (Å²) in [6, 6.07) is 4.51. The van der Waals surface area contributed by atoms with E-state index >= 15 is 0 Å². The van der Waals surface area contributed by atoms with Gasteiger partial charge in [-0.15, -0.1) is 0 Å². The van der Waals surface area contributed by atoms with E-state index in [1.807, 2.05) is 0 Å². The minimum atomic E-state index is -0.570. The van der Waals surface area contributed by atoms with Crippen LogP contribution in [0.25, 0.3) is 0 Å². The van der Waals surface area contributed by atoms with Crippen molar-refractivity contribution in [2.75, 3.05) is 0 Å². The van der Waals surface area contributed by atoms with E-state index in [9.17, 15) is 14.9 Å². The van der Waals surface area contributed by atoms with E-state index in [2.05, 4.69) is 5.10 Å². The van der Waals surface area contributed by atoms with Crippen LogP contribution in [0, 0.1) is 10.1 Å². The van der Waals surface area contributed by atoms with Crippen LogP contribution in [-0.2, 0) is 6.54 Å². The van der Waals surface area contributed by atoms with Gasteiger partial charge < -0.3 is 14.5 Å². The number of rotatable bonds is 4. The molecule has 2 aromatic rings. The number of furan rings is 1. The molecule has 0 aliphatic carbocycles. The van der Waals surface area contributed by atoms with Gasteiger partial charge in [-0.1, -0.05) is 0 Å². The Bertz CT molecular complexity index is 519. The predicted octanol–water partition coefficient (Wildman–Crippen LogP) is 1.64. The largest absolute Gasteiger partial charge is 0.456 e. The van der Waals surface area contributed by atoms with Gasteiger partial charge >= 0.3 is 5.82 Å². The predicted molar refractivity (Wildman–Crippen MR) is 56.7 cm³/mol. The number of nitrogens with zero attached hydrogens (tertiary/aromatic N) is 3. The molecule has 0 atom stereocenters. The molecule has 2 aromatic heterocycles. The number of carbonyl (C=O) groups is 1. The van der Waals surface area contributed by atoms with E-state index in [4.69, 9.17) is 4.42 Å². The summed E-state index contributed by atoms with van der Waals surface area (Å²) in [5.74, 6) is 0.404. The van der Waals surface area contributed by atoms with E-state index in [0.29, 0.717) is 5.76 Å². The lowest BCUT2D eigenvalue weighted by Gasteiger charge is -1.92. The first-order valence-electron chi connectivity index (χ1n) is 4.84. The van der Waals surface area contributed by atoms with Gasteiger partial charge in [0.2, 0.25) is 0 Å². The Kier molecular flexibility index (Phi) is 2.73. The second-order valence-electron chi connectivity index (χ2n) is 3.45.